The van der Waals surface area contributed by atoms with Crippen LogP contribution in [0.5, 0.6) is 0 Å². The van der Waals surface area contributed by atoms with Gasteiger partial charge in [0.1, 0.15) is 11.4 Å². The normalized spacial score (nSPS) is 15.4. The van der Waals surface area contributed by atoms with Crippen molar-refractivity contribution >= 4 is 41.1 Å². The van der Waals surface area contributed by atoms with Gasteiger partial charge >= 0.3 is 6.09 Å². The lowest BCUT2D eigenvalue weighted by Gasteiger charge is -2.40. The Morgan fingerprint density at radius 3 is 2.38 bits per heavy atom. The van der Waals surface area contributed by atoms with Gasteiger partial charge in [-0.25, -0.2) is 9.78 Å². The zero-order valence-corrected chi connectivity index (χ0v) is 21.1. The lowest BCUT2D eigenvalue weighted by molar-refractivity contribution is 0.0448. The third-order valence-electron chi connectivity index (χ3n) is 5.00. The molecule has 7 nitrogen and oxygen atoms in total. The van der Waals surface area contributed by atoms with Gasteiger partial charge in [-0.15, -0.1) is 0 Å². The molecule has 1 amide bonds. The second kappa shape index (κ2) is 10.6. The van der Waals surface area contributed by atoms with Gasteiger partial charge in [0.25, 0.3) is 0 Å². The van der Waals surface area contributed by atoms with Gasteiger partial charge in [-0.3, -0.25) is 0 Å². The van der Waals surface area contributed by atoms with Gasteiger partial charge in [0.15, 0.2) is 0 Å². The number of piperidine rings is 1. The summed E-state index contributed by atoms with van der Waals surface area (Å²) in [6, 6.07) is 5.35. The molecule has 1 aliphatic rings. The molecule has 0 aliphatic carbocycles. The lowest BCUT2D eigenvalue weighted by atomic mass is 9.90. The first kappa shape index (κ1) is 26.0. The molecule has 3 rings (SSSR count). The summed E-state index contributed by atoms with van der Waals surface area (Å²) in [5.74, 6) is 0.887. The highest BCUT2D eigenvalue weighted by atomic mass is 35.5. The maximum atomic E-state index is 12.1. The number of nitrogens with two attached hydrogens (primary N) is 1. The summed E-state index contributed by atoms with van der Waals surface area (Å²) in [6.45, 7) is 12.9. The predicted octanol–water partition coefficient (Wildman–Crippen LogP) is 5.94. The van der Waals surface area contributed by atoms with Crippen LogP contribution < -0.4 is 16.0 Å². The van der Waals surface area contributed by atoms with Crippen LogP contribution in [0.3, 0.4) is 0 Å². The van der Waals surface area contributed by atoms with Crippen LogP contribution >= 0.6 is 23.2 Å². The predicted molar refractivity (Wildman–Crippen MR) is 132 cm³/mol. The molecule has 1 aliphatic heterocycles. The summed E-state index contributed by atoms with van der Waals surface area (Å²) in [5.41, 5.74) is 6.66. The van der Waals surface area contributed by atoms with Crippen LogP contribution in [0, 0.1) is 0 Å². The molecule has 32 heavy (non-hydrogen) atoms. The lowest BCUT2D eigenvalue weighted by Crippen LogP contribution is -2.54. The van der Waals surface area contributed by atoms with E-state index in [0.29, 0.717) is 46.0 Å². The molecular formula is C23H33Cl2N5O2. The van der Waals surface area contributed by atoms with E-state index < -0.39 is 11.7 Å². The van der Waals surface area contributed by atoms with Gasteiger partial charge < -0.3 is 20.7 Å². The van der Waals surface area contributed by atoms with E-state index >= 15 is 0 Å². The van der Waals surface area contributed by atoms with E-state index in [1.54, 1.807) is 18.3 Å². The molecular weight excluding hydrogens is 449 g/mol. The molecule has 3 N–H and O–H groups in total. The SMILES string of the molecule is CC.CC1(NC(=O)OC(C)(C)C)CCN(c2ncc(-c3cccc(Cl)c3Cl)c(N)n2)CC1. The Labute approximate surface area is 200 Å². The zero-order chi connectivity index (χ0) is 24.1. The number of rotatable bonds is 3. The number of carbonyl (C=O) groups is 1. The van der Waals surface area contributed by atoms with Crippen LogP contribution in [0.2, 0.25) is 10.0 Å². The smallest absolute Gasteiger partial charge is 0.408 e. The topological polar surface area (TPSA) is 93.4 Å². The number of nitrogens with zero attached hydrogens (tertiary/aromatic N) is 3. The standard InChI is InChI=1S/C21H27Cl2N5O2.C2H6/c1-20(2,3)30-19(29)27-21(4)8-10-28(11-9-21)18-25-12-14(17(24)26-18)13-6-5-7-15(22)16(13)23;1-2/h5-7,12H,8-11H2,1-4H3,(H,27,29)(H2,24,25,26);1-2H3. The molecule has 2 aromatic rings. The van der Waals surface area contributed by atoms with Crippen LogP contribution in [0.4, 0.5) is 16.6 Å². The maximum Gasteiger partial charge on any atom is 0.408 e. The summed E-state index contributed by atoms with van der Waals surface area (Å²) in [7, 11) is 0. The number of anilines is 2. The van der Waals surface area contributed by atoms with E-state index in [1.165, 1.54) is 0 Å². The molecule has 1 aromatic carbocycles. The molecule has 1 aromatic heterocycles. The molecule has 2 heterocycles. The van der Waals surface area contributed by atoms with Crippen molar-refractivity contribution in [2.45, 2.75) is 65.5 Å². The summed E-state index contributed by atoms with van der Waals surface area (Å²) in [5, 5.41) is 3.87. The van der Waals surface area contributed by atoms with Gasteiger partial charge in [-0.05, 0) is 46.6 Å². The summed E-state index contributed by atoms with van der Waals surface area (Å²) in [6.07, 6.45) is 2.73. The molecule has 0 saturated carbocycles. The monoisotopic (exact) mass is 481 g/mol. The highest BCUT2D eigenvalue weighted by molar-refractivity contribution is 6.43. The summed E-state index contributed by atoms with van der Waals surface area (Å²) < 4.78 is 5.38. The van der Waals surface area contributed by atoms with Crippen molar-refractivity contribution in [1.82, 2.24) is 15.3 Å². The number of amides is 1. The van der Waals surface area contributed by atoms with Crippen LogP contribution in [0.15, 0.2) is 24.4 Å². The van der Waals surface area contributed by atoms with Crippen molar-refractivity contribution in [1.29, 1.82) is 0 Å². The van der Waals surface area contributed by atoms with Crippen LogP contribution in [0.1, 0.15) is 54.4 Å². The minimum absolute atomic E-state index is 0.337. The van der Waals surface area contributed by atoms with Crippen molar-refractivity contribution < 1.29 is 9.53 Å². The Morgan fingerprint density at radius 1 is 1.19 bits per heavy atom. The second-order valence-electron chi connectivity index (χ2n) is 8.74. The first-order valence-corrected chi connectivity index (χ1v) is 11.6. The number of nitrogen functional groups attached to an aromatic ring is 1. The molecule has 9 heteroatoms. The molecule has 0 bridgehead atoms. The number of halogens is 2. The number of ether oxygens (including phenoxy) is 1. The second-order valence-corrected chi connectivity index (χ2v) is 9.53. The summed E-state index contributed by atoms with van der Waals surface area (Å²) >= 11 is 12.4. The number of carbonyl (C=O) groups excluding carboxylic acids is 1. The number of benzene rings is 1. The molecule has 0 spiro atoms. The quantitative estimate of drug-likeness (QED) is 0.562. The van der Waals surface area contributed by atoms with Gasteiger partial charge in [-0.1, -0.05) is 49.2 Å². The van der Waals surface area contributed by atoms with Crippen molar-refractivity contribution in [3.8, 4) is 11.1 Å². The van der Waals surface area contributed by atoms with Crippen molar-refractivity contribution in [2.24, 2.45) is 0 Å². The van der Waals surface area contributed by atoms with Gasteiger partial charge in [-0.2, -0.15) is 4.98 Å². The fraction of sp³-hybridized carbons (Fsp3) is 0.522. The Bertz CT molecular complexity index is 938. The number of nitrogens with one attached hydrogen (secondary N) is 1. The average Bonchev–Trinajstić information content (AvgIpc) is 2.70. The van der Waals surface area contributed by atoms with E-state index in [0.717, 1.165) is 12.8 Å². The minimum atomic E-state index is -0.528. The number of hydrogen-bond donors (Lipinski definition) is 2. The van der Waals surface area contributed by atoms with Crippen molar-refractivity contribution in [3.63, 3.8) is 0 Å². The Kier molecular flexibility index (Phi) is 8.60. The minimum Gasteiger partial charge on any atom is -0.444 e. The Morgan fingerprint density at radius 2 is 1.81 bits per heavy atom. The van der Waals surface area contributed by atoms with Gasteiger partial charge in [0.05, 0.1) is 10.0 Å². The molecule has 1 fully saturated rings. The van der Waals surface area contributed by atoms with E-state index in [-0.39, 0.29) is 5.54 Å². The zero-order valence-electron chi connectivity index (χ0n) is 19.6. The summed E-state index contributed by atoms with van der Waals surface area (Å²) in [4.78, 5) is 23.2. The molecule has 176 valence electrons. The van der Waals surface area contributed by atoms with Crippen molar-refractivity contribution in [2.75, 3.05) is 23.7 Å². The molecule has 0 radical (unpaired) electrons. The Balaban J connectivity index is 0.00000176. The number of alkyl carbamates (subject to hydrolysis) is 1. The molecule has 0 unspecified atom stereocenters. The van der Waals surface area contributed by atoms with E-state index in [2.05, 4.69) is 20.2 Å². The van der Waals surface area contributed by atoms with Gasteiger partial charge in [0, 0.05) is 36.0 Å². The third kappa shape index (κ3) is 6.62. The van der Waals surface area contributed by atoms with Crippen molar-refractivity contribution in [3.05, 3.63) is 34.4 Å². The molecule has 0 atom stereocenters. The Hall–Kier alpha value is -2.25. The number of hydrogen-bond acceptors (Lipinski definition) is 6. The average molecular weight is 482 g/mol. The van der Waals surface area contributed by atoms with Gasteiger partial charge in [0.2, 0.25) is 5.95 Å². The maximum absolute atomic E-state index is 12.1. The van der Waals surface area contributed by atoms with E-state index in [1.807, 2.05) is 47.6 Å². The number of aromatic nitrogens is 2. The van der Waals surface area contributed by atoms with E-state index in [4.69, 9.17) is 33.7 Å². The third-order valence-corrected chi connectivity index (χ3v) is 5.82. The fourth-order valence-electron chi connectivity index (χ4n) is 3.33. The van der Waals surface area contributed by atoms with Crippen LogP contribution in [-0.2, 0) is 4.74 Å². The highest BCUT2D eigenvalue weighted by Gasteiger charge is 2.34. The first-order valence-electron chi connectivity index (χ1n) is 10.8. The van der Waals surface area contributed by atoms with E-state index in [9.17, 15) is 4.79 Å². The van der Waals surface area contributed by atoms with Crippen LogP contribution in [0.25, 0.3) is 11.1 Å². The van der Waals surface area contributed by atoms with Crippen LogP contribution in [-0.4, -0.2) is 40.3 Å². The first-order chi connectivity index (χ1) is 15.0. The fourth-order valence-corrected chi connectivity index (χ4v) is 3.73. The molecule has 1 saturated heterocycles. The largest absolute Gasteiger partial charge is 0.444 e. The highest BCUT2D eigenvalue weighted by Crippen LogP contribution is 2.36.